The summed E-state index contributed by atoms with van der Waals surface area (Å²) in [6.07, 6.45) is 0.746. The van der Waals surface area contributed by atoms with Crippen LogP contribution in [0.5, 0.6) is 0 Å². The van der Waals surface area contributed by atoms with Gasteiger partial charge in [0.15, 0.2) is 0 Å². The predicted octanol–water partition coefficient (Wildman–Crippen LogP) is 2.50. The average Bonchev–Trinajstić information content (AvgIpc) is 2.50. The molecule has 0 fully saturated rings. The third kappa shape index (κ3) is 2.13. The van der Waals surface area contributed by atoms with Gasteiger partial charge in [0.1, 0.15) is 11.9 Å². The van der Waals surface area contributed by atoms with Crippen LogP contribution in [0, 0.1) is 0 Å². The van der Waals surface area contributed by atoms with E-state index in [4.69, 9.17) is 9.15 Å². The van der Waals surface area contributed by atoms with Crippen molar-refractivity contribution in [2.24, 2.45) is 0 Å². The Labute approximate surface area is 85.8 Å². The molecule has 0 saturated heterocycles. The van der Waals surface area contributed by atoms with Crippen LogP contribution >= 0.6 is 15.9 Å². The summed E-state index contributed by atoms with van der Waals surface area (Å²) in [5.41, 5.74) is -0.652. The molecule has 0 aromatic carbocycles. The van der Waals surface area contributed by atoms with Crippen molar-refractivity contribution in [1.82, 2.24) is 0 Å². The van der Waals surface area contributed by atoms with E-state index in [-0.39, 0.29) is 0 Å². The van der Waals surface area contributed by atoms with E-state index < -0.39 is 11.7 Å². The summed E-state index contributed by atoms with van der Waals surface area (Å²) in [6.45, 7) is 3.60. The highest BCUT2D eigenvalue weighted by Crippen LogP contribution is 2.33. The Balaban J connectivity index is 2.91. The number of rotatable bonds is 3. The van der Waals surface area contributed by atoms with Gasteiger partial charge in [-0.15, -0.1) is 0 Å². The molecule has 1 N–H and O–H groups in total. The summed E-state index contributed by atoms with van der Waals surface area (Å²) >= 11 is 3.28. The van der Waals surface area contributed by atoms with Crippen molar-refractivity contribution in [1.29, 1.82) is 0 Å². The zero-order chi connectivity index (χ0) is 10.1. The minimum absolute atomic E-state index is 0.492. The summed E-state index contributed by atoms with van der Waals surface area (Å²) in [5.74, 6) is 0.492. The molecule has 1 unspecified atom stereocenters. The number of hydrogen-bond acceptors (Lipinski definition) is 3. The molecule has 0 aliphatic heterocycles. The van der Waals surface area contributed by atoms with Crippen molar-refractivity contribution < 1.29 is 14.3 Å². The number of methoxy groups -OCH3 is 1. The van der Waals surface area contributed by atoms with Gasteiger partial charge in [0, 0.05) is 7.11 Å². The molecule has 0 spiro atoms. The van der Waals surface area contributed by atoms with Crippen molar-refractivity contribution in [3.8, 4) is 0 Å². The quantitative estimate of drug-likeness (QED) is 0.894. The molecule has 0 aliphatic carbocycles. The Bertz CT molecular complexity index is 280. The highest BCUT2D eigenvalue weighted by atomic mass is 79.9. The fourth-order valence-corrected chi connectivity index (χ4v) is 1.35. The normalized spacial score (nSPS) is 14.5. The Morgan fingerprint density at radius 2 is 2.23 bits per heavy atom. The van der Waals surface area contributed by atoms with Gasteiger partial charge in [-0.25, -0.2) is 0 Å². The molecule has 0 saturated carbocycles. The molecule has 0 amide bonds. The number of furan rings is 1. The molecule has 3 nitrogen and oxygen atoms in total. The van der Waals surface area contributed by atoms with E-state index in [1.807, 2.05) is 0 Å². The lowest BCUT2D eigenvalue weighted by atomic mass is 10.00. The molecule has 1 aromatic rings. The van der Waals surface area contributed by atoms with Crippen molar-refractivity contribution in [3.63, 3.8) is 0 Å². The summed E-state index contributed by atoms with van der Waals surface area (Å²) in [4.78, 5) is 0. The van der Waals surface area contributed by atoms with E-state index in [1.165, 1.54) is 6.26 Å². The van der Waals surface area contributed by atoms with Crippen molar-refractivity contribution in [3.05, 3.63) is 22.6 Å². The van der Waals surface area contributed by atoms with Crippen LogP contribution in [0.3, 0.4) is 0 Å². The molecule has 1 heterocycles. The van der Waals surface area contributed by atoms with Crippen LogP contribution in [0.15, 0.2) is 21.2 Å². The molecule has 0 aliphatic rings. The highest BCUT2D eigenvalue weighted by molar-refractivity contribution is 9.10. The van der Waals surface area contributed by atoms with Crippen molar-refractivity contribution in [2.75, 3.05) is 7.11 Å². The summed E-state index contributed by atoms with van der Waals surface area (Å²) in [5, 5.41) is 9.87. The smallest absolute Gasteiger partial charge is 0.149 e. The maximum Gasteiger partial charge on any atom is 0.149 e. The fourth-order valence-electron chi connectivity index (χ4n) is 0.928. The van der Waals surface area contributed by atoms with E-state index in [9.17, 15) is 5.11 Å². The highest BCUT2D eigenvalue weighted by Gasteiger charge is 2.32. The monoisotopic (exact) mass is 248 g/mol. The first-order chi connectivity index (χ1) is 5.99. The third-order valence-electron chi connectivity index (χ3n) is 2.08. The summed E-state index contributed by atoms with van der Waals surface area (Å²) in [7, 11) is 1.56. The Morgan fingerprint density at radius 3 is 2.62 bits per heavy atom. The van der Waals surface area contributed by atoms with Gasteiger partial charge in [0.25, 0.3) is 0 Å². The SMILES string of the molecule is COC(C)(C)C(O)c1occc1Br. The second-order valence-corrected chi connectivity index (χ2v) is 4.20. The minimum Gasteiger partial charge on any atom is -0.465 e. The molecular formula is C9H13BrO3. The lowest BCUT2D eigenvalue weighted by Gasteiger charge is -2.27. The summed E-state index contributed by atoms with van der Waals surface area (Å²) in [6, 6.07) is 1.74. The third-order valence-corrected chi connectivity index (χ3v) is 2.73. The van der Waals surface area contributed by atoms with Gasteiger partial charge in [0.2, 0.25) is 0 Å². The van der Waals surface area contributed by atoms with Crippen LogP contribution in [0.4, 0.5) is 0 Å². The molecule has 0 radical (unpaired) electrons. The fraction of sp³-hybridized carbons (Fsp3) is 0.556. The molecular weight excluding hydrogens is 236 g/mol. The van der Waals surface area contributed by atoms with Gasteiger partial charge in [-0.1, -0.05) is 0 Å². The molecule has 74 valence electrons. The zero-order valence-corrected chi connectivity index (χ0v) is 9.46. The Hall–Kier alpha value is -0.320. The van der Waals surface area contributed by atoms with Gasteiger partial charge in [-0.3, -0.25) is 0 Å². The van der Waals surface area contributed by atoms with Crippen molar-refractivity contribution in [2.45, 2.75) is 25.6 Å². The van der Waals surface area contributed by atoms with E-state index in [1.54, 1.807) is 27.0 Å². The Morgan fingerprint density at radius 1 is 1.62 bits per heavy atom. The minimum atomic E-state index is -0.776. The maximum atomic E-state index is 9.87. The maximum absolute atomic E-state index is 9.87. The van der Waals surface area contributed by atoms with Crippen LogP contribution in [0.2, 0.25) is 0 Å². The van der Waals surface area contributed by atoms with Crippen LogP contribution in [-0.4, -0.2) is 17.8 Å². The van der Waals surface area contributed by atoms with E-state index in [2.05, 4.69) is 15.9 Å². The van der Waals surface area contributed by atoms with Gasteiger partial charge in [-0.2, -0.15) is 0 Å². The largest absolute Gasteiger partial charge is 0.465 e. The lowest BCUT2D eigenvalue weighted by Crippen LogP contribution is -2.31. The molecule has 1 atom stereocenters. The van der Waals surface area contributed by atoms with Gasteiger partial charge >= 0.3 is 0 Å². The van der Waals surface area contributed by atoms with Gasteiger partial charge < -0.3 is 14.3 Å². The topological polar surface area (TPSA) is 42.6 Å². The predicted molar refractivity (Wildman–Crippen MR) is 52.5 cm³/mol. The summed E-state index contributed by atoms with van der Waals surface area (Å²) < 4.78 is 11.0. The number of aliphatic hydroxyl groups is 1. The average molecular weight is 249 g/mol. The second-order valence-electron chi connectivity index (χ2n) is 3.34. The number of hydrogen-bond donors (Lipinski definition) is 1. The van der Waals surface area contributed by atoms with E-state index in [0.717, 1.165) is 4.47 Å². The van der Waals surface area contributed by atoms with Crippen LogP contribution < -0.4 is 0 Å². The van der Waals surface area contributed by atoms with Crippen LogP contribution in [0.25, 0.3) is 0 Å². The first-order valence-corrected chi connectivity index (χ1v) is 4.74. The van der Waals surface area contributed by atoms with E-state index in [0.29, 0.717) is 5.76 Å². The second kappa shape index (κ2) is 3.82. The zero-order valence-electron chi connectivity index (χ0n) is 7.87. The van der Waals surface area contributed by atoms with E-state index >= 15 is 0 Å². The van der Waals surface area contributed by atoms with Gasteiger partial charge in [-0.05, 0) is 35.8 Å². The lowest BCUT2D eigenvalue weighted by molar-refractivity contribution is -0.0875. The van der Waals surface area contributed by atoms with Crippen LogP contribution in [0.1, 0.15) is 25.7 Å². The molecule has 4 heteroatoms. The van der Waals surface area contributed by atoms with Crippen molar-refractivity contribution >= 4 is 15.9 Å². The van der Waals surface area contributed by atoms with Crippen LogP contribution in [-0.2, 0) is 4.74 Å². The van der Waals surface area contributed by atoms with Gasteiger partial charge in [0.05, 0.1) is 16.3 Å². The first-order valence-electron chi connectivity index (χ1n) is 3.95. The number of aliphatic hydroxyl groups excluding tert-OH is 1. The number of ether oxygens (including phenoxy) is 1. The Kier molecular flexibility index (Phi) is 3.16. The molecule has 13 heavy (non-hydrogen) atoms. The molecule has 1 rings (SSSR count). The first kappa shape index (κ1) is 10.8. The number of halogens is 1. The molecule has 1 aromatic heterocycles. The standard InChI is InChI=1S/C9H13BrO3/c1-9(2,12-3)8(11)7-6(10)4-5-13-7/h4-5,8,11H,1-3H3. The molecule has 0 bridgehead atoms.